The van der Waals surface area contributed by atoms with Crippen LogP contribution in [0.3, 0.4) is 0 Å². The molecule has 0 N–H and O–H groups in total. The van der Waals surface area contributed by atoms with Crippen molar-refractivity contribution in [1.29, 1.82) is 5.26 Å². The zero-order valence-corrected chi connectivity index (χ0v) is 11.2. The van der Waals surface area contributed by atoms with E-state index in [0.29, 0.717) is 11.6 Å². The van der Waals surface area contributed by atoms with E-state index in [4.69, 9.17) is 16.9 Å². The molecule has 1 heterocycles. The highest BCUT2D eigenvalue weighted by molar-refractivity contribution is 6.31. The molecule has 0 unspecified atom stereocenters. The summed E-state index contributed by atoms with van der Waals surface area (Å²) in [4.78, 5) is 2.22. The highest BCUT2D eigenvalue weighted by Gasteiger charge is 2.29. The Morgan fingerprint density at radius 1 is 1.44 bits per heavy atom. The van der Waals surface area contributed by atoms with Crippen LogP contribution in [0.1, 0.15) is 25.3 Å². The van der Waals surface area contributed by atoms with Crippen LogP contribution in [0.5, 0.6) is 0 Å². The highest BCUT2D eigenvalue weighted by Crippen LogP contribution is 2.31. The fourth-order valence-electron chi connectivity index (χ4n) is 2.22. The smallest absolute Gasteiger partial charge is 0.123 e. The molecule has 0 atom stereocenters. The summed E-state index contributed by atoms with van der Waals surface area (Å²) in [6, 6.07) is 6.82. The molecule has 96 valence electrons. The van der Waals surface area contributed by atoms with Gasteiger partial charge in [0.2, 0.25) is 0 Å². The lowest BCUT2D eigenvalue weighted by Crippen LogP contribution is -2.37. The van der Waals surface area contributed by atoms with Crippen molar-refractivity contribution in [2.75, 3.05) is 13.1 Å². The molecule has 2 nitrogen and oxygen atoms in total. The van der Waals surface area contributed by atoms with Crippen LogP contribution in [-0.4, -0.2) is 18.0 Å². The topological polar surface area (TPSA) is 27.0 Å². The first-order valence-corrected chi connectivity index (χ1v) is 6.48. The fourth-order valence-corrected chi connectivity index (χ4v) is 2.40. The van der Waals surface area contributed by atoms with E-state index in [2.05, 4.69) is 11.0 Å². The van der Waals surface area contributed by atoms with Gasteiger partial charge in [0.25, 0.3) is 0 Å². The number of nitriles is 1. The van der Waals surface area contributed by atoms with E-state index < -0.39 is 0 Å². The third-order valence-corrected chi connectivity index (χ3v) is 4.00. The molecule has 1 saturated heterocycles. The number of hydrogen-bond acceptors (Lipinski definition) is 2. The van der Waals surface area contributed by atoms with E-state index in [9.17, 15) is 4.39 Å². The summed E-state index contributed by atoms with van der Waals surface area (Å²) in [5, 5.41) is 9.67. The van der Waals surface area contributed by atoms with E-state index in [0.717, 1.165) is 31.5 Å². The molecule has 0 radical (unpaired) electrons. The quantitative estimate of drug-likeness (QED) is 0.818. The Bertz CT molecular complexity index is 473. The Kier molecular flexibility index (Phi) is 3.89. The predicted octanol–water partition coefficient (Wildman–Crippen LogP) is 3.60. The molecule has 0 amide bonds. The standard InChI is InChI=1S/C14H16ClFN2/c1-14(10-17)4-6-18(7-5-14)9-11-8-12(16)2-3-13(11)15/h2-3,8H,4-7,9H2,1H3. The van der Waals surface area contributed by atoms with Crippen LogP contribution in [0.15, 0.2) is 18.2 Å². The van der Waals surface area contributed by atoms with Gasteiger partial charge in [0.1, 0.15) is 5.82 Å². The number of nitrogens with zero attached hydrogens (tertiary/aromatic N) is 2. The first-order valence-electron chi connectivity index (χ1n) is 6.10. The number of halogens is 2. The van der Waals surface area contributed by atoms with E-state index in [1.165, 1.54) is 12.1 Å². The Labute approximate surface area is 112 Å². The SMILES string of the molecule is CC1(C#N)CCN(Cc2cc(F)ccc2Cl)CC1. The maximum absolute atomic E-state index is 13.2. The third-order valence-electron chi connectivity index (χ3n) is 3.63. The molecule has 4 heteroatoms. The molecule has 18 heavy (non-hydrogen) atoms. The average Bonchev–Trinajstić information content (AvgIpc) is 2.37. The minimum atomic E-state index is -0.256. The molecule has 1 aliphatic rings. The van der Waals surface area contributed by atoms with Crippen LogP contribution in [0, 0.1) is 22.6 Å². The van der Waals surface area contributed by atoms with Crippen LogP contribution < -0.4 is 0 Å². The second-order valence-corrected chi connectivity index (χ2v) is 5.59. The van der Waals surface area contributed by atoms with Crippen molar-refractivity contribution in [1.82, 2.24) is 4.90 Å². The van der Waals surface area contributed by atoms with Crippen molar-refractivity contribution in [2.24, 2.45) is 5.41 Å². The summed E-state index contributed by atoms with van der Waals surface area (Å²) in [7, 11) is 0. The minimum Gasteiger partial charge on any atom is -0.299 e. The van der Waals surface area contributed by atoms with Crippen LogP contribution in [0.4, 0.5) is 4.39 Å². The summed E-state index contributed by atoms with van der Waals surface area (Å²) in [6.45, 7) is 4.37. The van der Waals surface area contributed by atoms with Gasteiger partial charge in [0, 0.05) is 11.6 Å². The van der Waals surface area contributed by atoms with Gasteiger partial charge >= 0.3 is 0 Å². The molecule has 1 aliphatic heterocycles. The van der Waals surface area contributed by atoms with Crippen molar-refractivity contribution >= 4 is 11.6 Å². The Hall–Kier alpha value is -1.11. The van der Waals surface area contributed by atoms with Gasteiger partial charge in [-0.05, 0) is 56.6 Å². The Balaban J connectivity index is 2.00. The molecule has 1 fully saturated rings. The van der Waals surface area contributed by atoms with Gasteiger partial charge in [0.15, 0.2) is 0 Å². The van der Waals surface area contributed by atoms with E-state index in [-0.39, 0.29) is 11.2 Å². The molecule has 0 aliphatic carbocycles. The number of piperidine rings is 1. The van der Waals surface area contributed by atoms with Gasteiger partial charge in [-0.3, -0.25) is 4.90 Å². The lowest BCUT2D eigenvalue weighted by molar-refractivity contribution is 0.150. The van der Waals surface area contributed by atoms with Crippen LogP contribution in [-0.2, 0) is 6.54 Å². The second kappa shape index (κ2) is 5.26. The van der Waals surface area contributed by atoms with E-state index in [1.807, 2.05) is 6.92 Å². The minimum absolute atomic E-state index is 0.206. The van der Waals surface area contributed by atoms with Crippen LogP contribution in [0.25, 0.3) is 0 Å². The van der Waals surface area contributed by atoms with Gasteiger partial charge in [-0.25, -0.2) is 4.39 Å². The van der Waals surface area contributed by atoms with Gasteiger partial charge < -0.3 is 0 Å². The van der Waals surface area contributed by atoms with Crippen molar-refractivity contribution in [3.63, 3.8) is 0 Å². The first kappa shape index (κ1) is 13.3. The van der Waals surface area contributed by atoms with E-state index in [1.54, 1.807) is 6.07 Å². The third kappa shape index (κ3) is 3.01. The molecule has 1 aromatic carbocycles. The first-order chi connectivity index (χ1) is 8.52. The number of likely N-dealkylation sites (tertiary alicyclic amines) is 1. The van der Waals surface area contributed by atoms with Crippen LogP contribution >= 0.6 is 11.6 Å². The molecule has 0 aromatic heterocycles. The van der Waals surface area contributed by atoms with Gasteiger partial charge in [-0.15, -0.1) is 0 Å². The van der Waals surface area contributed by atoms with Crippen molar-refractivity contribution in [3.8, 4) is 6.07 Å². The lowest BCUT2D eigenvalue weighted by atomic mass is 9.82. The number of hydrogen-bond donors (Lipinski definition) is 0. The average molecular weight is 267 g/mol. The molecule has 2 rings (SSSR count). The Morgan fingerprint density at radius 3 is 2.72 bits per heavy atom. The molecule has 0 spiro atoms. The molecular formula is C14H16ClFN2. The predicted molar refractivity (Wildman–Crippen MR) is 69.6 cm³/mol. The zero-order valence-electron chi connectivity index (χ0n) is 10.4. The number of rotatable bonds is 2. The molecular weight excluding hydrogens is 251 g/mol. The maximum atomic E-state index is 13.2. The highest BCUT2D eigenvalue weighted by atomic mass is 35.5. The van der Waals surface area contributed by atoms with E-state index >= 15 is 0 Å². The second-order valence-electron chi connectivity index (χ2n) is 5.18. The zero-order chi connectivity index (χ0) is 13.2. The summed E-state index contributed by atoms with van der Waals surface area (Å²) < 4.78 is 13.2. The summed E-state index contributed by atoms with van der Waals surface area (Å²) >= 11 is 6.05. The molecule has 1 aromatic rings. The largest absolute Gasteiger partial charge is 0.299 e. The number of benzene rings is 1. The lowest BCUT2D eigenvalue weighted by Gasteiger charge is -2.35. The van der Waals surface area contributed by atoms with Gasteiger partial charge in [0.05, 0.1) is 11.5 Å². The molecule has 0 saturated carbocycles. The van der Waals surface area contributed by atoms with Gasteiger partial charge in [-0.1, -0.05) is 11.6 Å². The molecule has 0 bridgehead atoms. The van der Waals surface area contributed by atoms with Crippen molar-refractivity contribution in [2.45, 2.75) is 26.3 Å². The monoisotopic (exact) mass is 266 g/mol. The van der Waals surface area contributed by atoms with Crippen molar-refractivity contribution < 1.29 is 4.39 Å². The van der Waals surface area contributed by atoms with Crippen molar-refractivity contribution in [3.05, 3.63) is 34.6 Å². The summed E-state index contributed by atoms with van der Waals surface area (Å²) in [6.07, 6.45) is 1.72. The summed E-state index contributed by atoms with van der Waals surface area (Å²) in [5.74, 6) is -0.256. The van der Waals surface area contributed by atoms with Gasteiger partial charge in [-0.2, -0.15) is 5.26 Å². The van der Waals surface area contributed by atoms with Crippen LogP contribution in [0.2, 0.25) is 5.02 Å². The fraction of sp³-hybridized carbons (Fsp3) is 0.500. The Morgan fingerprint density at radius 2 is 2.11 bits per heavy atom. The summed E-state index contributed by atoms with van der Waals surface area (Å²) in [5.41, 5.74) is 0.611. The maximum Gasteiger partial charge on any atom is 0.123 e. The normalized spacial score (nSPS) is 19.4.